The Labute approximate surface area is 123 Å². The minimum atomic E-state index is -0.502. The van der Waals surface area contributed by atoms with Crippen molar-refractivity contribution in [2.45, 2.75) is 18.6 Å². The fourth-order valence-electron chi connectivity index (χ4n) is 2.68. The van der Waals surface area contributed by atoms with Crippen molar-refractivity contribution in [2.24, 2.45) is 0 Å². The summed E-state index contributed by atoms with van der Waals surface area (Å²) in [6.45, 7) is 2.40. The van der Waals surface area contributed by atoms with Gasteiger partial charge in [-0.25, -0.2) is 0 Å². The van der Waals surface area contributed by atoms with Crippen LogP contribution in [0.1, 0.15) is 6.42 Å². The molecule has 2 fully saturated rings. The highest BCUT2D eigenvalue weighted by Crippen LogP contribution is 2.21. The molecule has 3 rings (SSSR count). The molecule has 0 bridgehead atoms. The van der Waals surface area contributed by atoms with Crippen LogP contribution < -0.4 is 15.5 Å². The smallest absolute Gasteiger partial charge is 0.251 e. The van der Waals surface area contributed by atoms with Gasteiger partial charge in [-0.15, -0.1) is 0 Å². The lowest BCUT2D eigenvalue weighted by Crippen LogP contribution is -2.51. The molecular weight excluding hydrogens is 270 g/mol. The molecule has 2 aliphatic heterocycles. The van der Waals surface area contributed by atoms with Crippen LogP contribution in [-0.2, 0) is 14.3 Å². The van der Waals surface area contributed by atoms with Crippen LogP contribution in [-0.4, -0.2) is 50.2 Å². The van der Waals surface area contributed by atoms with Crippen molar-refractivity contribution < 1.29 is 14.3 Å². The maximum atomic E-state index is 12.4. The maximum absolute atomic E-state index is 12.4. The molecule has 6 heteroatoms. The van der Waals surface area contributed by atoms with Crippen molar-refractivity contribution in [2.75, 3.05) is 31.1 Å². The third-order valence-electron chi connectivity index (χ3n) is 3.81. The van der Waals surface area contributed by atoms with E-state index < -0.39 is 12.1 Å². The molecule has 0 aliphatic carbocycles. The number of nitrogens with one attached hydrogen (secondary N) is 2. The monoisotopic (exact) mass is 289 g/mol. The van der Waals surface area contributed by atoms with E-state index in [2.05, 4.69) is 10.6 Å². The van der Waals surface area contributed by atoms with Crippen LogP contribution in [0.4, 0.5) is 5.69 Å². The molecule has 0 aromatic heterocycles. The highest BCUT2D eigenvalue weighted by atomic mass is 16.5. The van der Waals surface area contributed by atoms with Gasteiger partial charge < -0.3 is 20.3 Å². The number of carbonyl (C=O) groups excluding carboxylic acids is 2. The maximum Gasteiger partial charge on any atom is 0.251 e. The predicted octanol–water partition coefficient (Wildman–Crippen LogP) is -0.103. The predicted molar refractivity (Wildman–Crippen MR) is 78.0 cm³/mol. The summed E-state index contributed by atoms with van der Waals surface area (Å²) >= 11 is 0. The van der Waals surface area contributed by atoms with Gasteiger partial charge in [-0.3, -0.25) is 9.59 Å². The summed E-state index contributed by atoms with van der Waals surface area (Å²) in [4.78, 5) is 26.2. The Hall–Kier alpha value is -1.92. The molecule has 2 atom stereocenters. The van der Waals surface area contributed by atoms with Gasteiger partial charge in [0.1, 0.15) is 12.1 Å². The summed E-state index contributed by atoms with van der Waals surface area (Å²) < 4.78 is 5.40. The number of para-hydroxylation sites is 1. The van der Waals surface area contributed by atoms with Crippen molar-refractivity contribution in [1.82, 2.24) is 10.6 Å². The summed E-state index contributed by atoms with van der Waals surface area (Å²) in [5, 5.41) is 5.91. The number of hydrogen-bond donors (Lipinski definition) is 2. The van der Waals surface area contributed by atoms with Crippen molar-refractivity contribution in [1.29, 1.82) is 0 Å². The number of ether oxygens (including phenoxy) is 1. The van der Waals surface area contributed by atoms with E-state index in [1.165, 1.54) is 0 Å². The first-order chi connectivity index (χ1) is 10.3. The van der Waals surface area contributed by atoms with E-state index in [9.17, 15) is 9.59 Å². The molecule has 1 aromatic rings. The number of amides is 2. The van der Waals surface area contributed by atoms with Gasteiger partial charge in [0.05, 0.1) is 6.61 Å². The van der Waals surface area contributed by atoms with Gasteiger partial charge in [0, 0.05) is 25.3 Å². The summed E-state index contributed by atoms with van der Waals surface area (Å²) in [5.74, 6) is -0.270. The van der Waals surface area contributed by atoms with E-state index in [4.69, 9.17) is 4.74 Å². The van der Waals surface area contributed by atoms with E-state index in [-0.39, 0.29) is 11.8 Å². The number of morpholine rings is 1. The minimum absolute atomic E-state index is 0.0571. The van der Waals surface area contributed by atoms with Gasteiger partial charge in [0.15, 0.2) is 0 Å². The lowest BCUT2D eigenvalue weighted by molar-refractivity contribution is -0.136. The molecule has 112 valence electrons. The first-order valence-corrected chi connectivity index (χ1v) is 7.25. The Balaban J connectivity index is 1.60. The largest absolute Gasteiger partial charge is 0.366 e. The van der Waals surface area contributed by atoms with Crippen LogP contribution in [0.5, 0.6) is 0 Å². The van der Waals surface area contributed by atoms with E-state index in [0.717, 1.165) is 12.2 Å². The van der Waals surface area contributed by atoms with Crippen LogP contribution in [0.25, 0.3) is 0 Å². The molecule has 2 saturated heterocycles. The van der Waals surface area contributed by atoms with E-state index in [1.807, 2.05) is 30.3 Å². The number of nitrogens with zero attached hydrogens (tertiary/aromatic N) is 1. The zero-order valence-corrected chi connectivity index (χ0v) is 11.7. The van der Waals surface area contributed by atoms with Crippen LogP contribution in [0, 0.1) is 0 Å². The molecule has 0 radical (unpaired) electrons. The third kappa shape index (κ3) is 3.06. The zero-order chi connectivity index (χ0) is 14.7. The molecule has 6 nitrogen and oxygen atoms in total. The van der Waals surface area contributed by atoms with E-state index >= 15 is 0 Å². The Morgan fingerprint density at radius 1 is 1.33 bits per heavy atom. The Morgan fingerprint density at radius 3 is 2.86 bits per heavy atom. The summed E-state index contributed by atoms with van der Waals surface area (Å²) in [5.41, 5.74) is 0.870. The second kappa shape index (κ2) is 6.24. The van der Waals surface area contributed by atoms with Gasteiger partial charge in [-0.05, 0) is 18.6 Å². The van der Waals surface area contributed by atoms with E-state index in [1.54, 1.807) is 4.90 Å². The quantitative estimate of drug-likeness (QED) is 0.815. The van der Waals surface area contributed by atoms with Gasteiger partial charge in [-0.1, -0.05) is 18.2 Å². The number of benzene rings is 1. The molecule has 2 unspecified atom stereocenters. The zero-order valence-electron chi connectivity index (χ0n) is 11.7. The van der Waals surface area contributed by atoms with Gasteiger partial charge >= 0.3 is 0 Å². The lowest BCUT2D eigenvalue weighted by atomic mass is 10.2. The number of anilines is 1. The number of rotatable bonds is 3. The molecule has 21 heavy (non-hydrogen) atoms. The van der Waals surface area contributed by atoms with Crippen LogP contribution in [0.15, 0.2) is 30.3 Å². The SMILES string of the molecule is O=C(NC1CCN(c2ccccc2)C1=O)C1CNCCO1. The Kier molecular flexibility index (Phi) is 4.17. The molecule has 0 saturated carbocycles. The third-order valence-corrected chi connectivity index (χ3v) is 3.81. The standard InChI is InChI=1S/C15H19N3O3/c19-14(13-10-16-7-9-21-13)17-12-6-8-18(15(12)20)11-4-2-1-3-5-11/h1-5,12-13,16H,6-10H2,(H,17,19). The van der Waals surface area contributed by atoms with Crippen LogP contribution in [0.3, 0.4) is 0 Å². The van der Waals surface area contributed by atoms with Gasteiger partial charge in [0.25, 0.3) is 5.91 Å². The molecular formula is C15H19N3O3. The average molecular weight is 289 g/mol. The van der Waals surface area contributed by atoms with Crippen molar-refractivity contribution >= 4 is 17.5 Å². The van der Waals surface area contributed by atoms with Gasteiger partial charge in [-0.2, -0.15) is 0 Å². The van der Waals surface area contributed by atoms with Crippen molar-refractivity contribution in [3.63, 3.8) is 0 Å². The van der Waals surface area contributed by atoms with E-state index in [0.29, 0.717) is 26.1 Å². The fraction of sp³-hybridized carbons (Fsp3) is 0.467. The fourth-order valence-corrected chi connectivity index (χ4v) is 2.68. The van der Waals surface area contributed by atoms with Crippen molar-refractivity contribution in [3.05, 3.63) is 30.3 Å². The molecule has 2 aliphatic rings. The second-order valence-electron chi connectivity index (χ2n) is 5.24. The average Bonchev–Trinajstić information content (AvgIpc) is 2.90. The number of hydrogen-bond acceptors (Lipinski definition) is 4. The topological polar surface area (TPSA) is 70.7 Å². The molecule has 0 spiro atoms. The lowest BCUT2D eigenvalue weighted by Gasteiger charge is -2.24. The molecule has 2 amide bonds. The van der Waals surface area contributed by atoms with Crippen molar-refractivity contribution in [3.8, 4) is 0 Å². The van der Waals surface area contributed by atoms with Gasteiger partial charge in [0.2, 0.25) is 5.91 Å². The Bertz CT molecular complexity index is 514. The number of carbonyl (C=O) groups is 2. The summed E-state index contributed by atoms with van der Waals surface area (Å²) in [6.07, 6.45) is 0.122. The van der Waals surface area contributed by atoms with Crippen LogP contribution >= 0.6 is 0 Å². The minimum Gasteiger partial charge on any atom is -0.366 e. The second-order valence-corrected chi connectivity index (χ2v) is 5.24. The summed E-state index contributed by atoms with van der Waals surface area (Å²) in [6, 6.07) is 9.05. The Morgan fingerprint density at radius 2 is 2.14 bits per heavy atom. The summed E-state index contributed by atoms with van der Waals surface area (Å²) in [7, 11) is 0. The molecule has 2 N–H and O–H groups in total. The first-order valence-electron chi connectivity index (χ1n) is 7.25. The first kappa shape index (κ1) is 14.0. The highest BCUT2D eigenvalue weighted by molar-refractivity contribution is 6.01. The normalized spacial score (nSPS) is 25.9. The highest BCUT2D eigenvalue weighted by Gasteiger charge is 2.35. The molecule has 2 heterocycles. The van der Waals surface area contributed by atoms with Crippen LogP contribution in [0.2, 0.25) is 0 Å². The molecule has 1 aromatic carbocycles.